The molecule has 1 atom stereocenters. The third-order valence-electron chi connectivity index (χ3n) is 2.15. The van der Waals surface area contributed by atoms with Gasteiger partial charge in [0.15, 0.2) is 5.96 Å². The van der Waals surface area contributed by atoms with Crippen LogP contribution >= 0.6 is 24.0 Å². The fourth-order valence-corrected chi connectivity index (χ4v) is 1.33. The predicted molar refractivity (Wildman–Crippen MR) is 71.0 cm³/mol. The molecule has 0 bridgehead atoms. The molecule has 5 nitrogen and oxygen atoms in total. The van der Waals surface area contributed by atoms with Crippen molar-refractivity contribution >= 4 is 29.9 Å². The molecule has 0 aromatic heterocycles. The van der Waals surface area contributed by atoms with Crippen LogP contribution in [0.25, 0.3) is 0 Å². The zero-order valence-electron chi connectivity index (χ0n) is 9.52. The standard InChI is InChI=1S/C9H19N3O2.HI/c1-12(4-5-13-2)9-10-6-8(11-9)7-14-3;/h8H,4-7H2,1-3H3,(H,10,11);1H. The van der Waals surface area contributed by atoms with Crippen LogP contribution in [0.4, 0.5) is 0 Å². The second kappa shape index (κ2) is 8.12. The van der Waals surface area contributed by atoms with Crippen molar-refractivity contribution < 1.29 is 9.47 Å². The number of hydrogen-bond acceptors (Lipinski definition) is 5. The van der Waals surface area contributed by atoms with Gasteiger partial charge >= 0.3 is 0 Å². The zero-order valence-corrected chi connectivity index (χ0v) is 11.9. The van der Waals surface area contributed by atoms with Crippen molar-refractivity contribution in [2.45, 2.75) is 6.04 Å². The smallest absolute Gasteiger partial charge is 0.194 e. The van der Waals surface area contributed by atoms with E-state index >= 15 is 0 Å². The molecule has 0 aromatic rings. The maximum Gasteiger partial charge on any atom is 0.194 e. The van der Waals surface area contributed by atoms with Gasteiger partial charge in [0.25, 0.3) is 0 Å². The van der Waals surface area contributed by atoms with E-state index in [2.05, 4.69) is 15.2 Å². The van der Waals surface area contributed by atoms with Crippen molar-refractivity contribution in [1.29, 1.82) is 0 Å². The van der Waals surface area contributed by atoms with Crippen LogP contribution in [0.3, 0.4) is 0 Å². The fraction of sp³-hybridized carbons (Fsp3) is 0.889. The van der Waals surface area contributed by atoms with E-state index in [0.29, 0.717) is 19.3 Å². The fourth-order valence-electron chi connectivity index (χ4n) is 1.33. The second-order valence-corrected chi connectivity index (χ2v) is 3.38. The zero-order chi connectivity index (χ0) is 10.4. The van der Waals surface area contributed by atoms with Crippen molar-refractivity contribution in [2.75, 3.05) is 47.6 Å². The molecular weight excluding hydrogens is 309 g/mol. The molecule has 0 aliphatic carbocycles. The minimum atomic E-state index is 0. The first-order chi connectivity index (χ1) is 6.77. The third-order valence-corrected chi connectivity index (χ3v) is 2.15. The highest BCUT2D eigenvalue weighted by Crippen LogP contribution is 1.99. The Morgan fingerprint density at radius 3 is 2.80 bits per heavy atom. The highest BCUT2D eigenvalue weighted by molar-refractivity contribution is 14.0. The molecule has 0 saturated carbocycles. The quantitative estimate of drug-likeness (QED) is 0.730. The Kier molecular flexibility index (Phi) is 8.07. The number of ether oxygens (including phenoxy) is 2. The number of nitrogens with zero attached hydrogens (tertiary/aromatic N) is 2. The number of nitrogens with one attached hydrogen (secondary N) is 1. The van der Waals surface area contributed by atoms with Crippen molar-refractivity contribution in [2.24, 2.45) is 4.99 Å². The summed E-state index contributed by atoms with van der Waals surface area (Å²) in [5.74, 6) is 0.934. The maximum absolute atomic E-state index is 5.06. The molecule has 1 rings (SSSR count). The Bertz CT molecular complexity index is 202. The molecule has 6 heteroatoms. The van der Waals surface area contributed by atoms with Gasteiger partial charge in [-0.25, -0.2) is 0 Å². The van der Waals surface area contributed by atoms with Gasteiger partial charge in [0.2, 0.25) is 0 Å². The first kappa shape index (κ1) is 14.9. The molecule has 1 unspecified atom stereocenters. The molecule has 1 heterocycles. The minimum Gasteiger partial charge on any atom is -0.383 e. The lowest BCUT2D eigenvalue weighted by Crippen LogP contribution is -2.42. The normalized spacial score (nSPS) is 19.1. The van der Waals surface area contributed by atoms with E-state index < -0.39 is 0 Å². The Balaban J connectivity index is 0.00000196. The van der Waals surface area contributed by atoms with Crippen LogP contribution in [-0.2, 0) is 9.47 Å². The molecule has 0 aromatic carbocycles. The van der Waals surface area contributed by atoms with Crippen LogP contribution in [0.15, 0.2) is 4.99 Å². The van der Waals surface area contributed by atoms with Crippen LogP contribution in [0.2, 0.25) is 0 Å². The van der Waals surface area contributed by atoms with Gasteiger partial charge in [-0.1, -0.05) is 0 Å². The van der Waals surface area contributed by atoms with Crippen LogP contribution in [0.1, 0.15) is 0 Å². The van der Waals surface area contributed by atoms with E-state index in [-0.39, 0.29) is 24.0 Å². The number of halogens is 1. The summed E-state index contributed by atoms with van der Waals surface area (Å²) in [5.41, 5.74) is 0. The SMILES string of the molecule is COCCN(C)C1=NCC(COC)N1.I. The number of guanidine groups is 1. The largest absolute Gasteiger partial charge is 0.383 e. The molecule has 1 aliphatic heterocycles. The maximum atomic E-state index is 5.06. The lowest BCUT2D eigenvalue weighted by molar-refractivity contribution is 0.174. The monoisotopic (exact) mass is 329 g/mol. The molecule has 0 amide bonds. The molecule has 0 fully saturated rings. The van der Waals surface area contributed by atoms with Crippen LogP contribution in [0, 0.1) is 0 Å². The Morgan fingerprint density at radius 2 is 2.20 bits per heavy atom. The van der Waals surface area contributed by atoms with E-state index in [9.17, 15) is 0 Å². The summed E-state index contributed by atoms with van der Waals surface area (Å²) in [6.07, 6.45) is 0. The number of methoxy groups -OCH3 is 2. The van der Waals surface area contributed by atoms with Gasteiger partial charge in [-0.15, -0.1) is 24.0 Å². The van der Waals surface area contributed by atoms with E-state index in [4.69, 9.17) is 9.47 Å². The molecular formula is C9H20IN3O2. The van der Waals surface area contributed by atoms with Gasteiger partial charge in [-0.2, -0.15) is 0 Å². The lowest BCUT2D eigenvalue weighted by Gasteiger charge is -2.20. The summed E-state index contributed by atoms with van der Waals surface area (Å²) in [4.78, 5) is 6.44. The first-order valence-corrected chi connectivity index (χ1v) is 4.78. The van der Waals surface area contributed by atoms with Gasteiger partial charge in [0.05, 0.1) is 25.8 Å². The second-order valence-electron chi connectivity index (χ2n) is 3.38. The Labute approximate surface area is 108 Å². The van der Waals surface area contributed by atoms with Crippen LogP contribution in [-0.4, -0.2) is 64.5 Å². The van der Waals surface area contributed by atoms with Gasteiger partial charge in [-0.3, -0.25) is 4.99 Å². The van der Waals surface area contributed by atoms with E-state index in [1.54, 1.807) is 14.2 Å². The first-order valence-electron chi connectivity index (χ1n) is 4.78. The highest BCUT2D eigenvalue weighted by Gasteiger charge is 2.19. The Morgan fingerprint density at radius 1 is 1.47 bits per heavy atom. The third kappa shape index (κ3) is 4.98. The van der Waals surface area contributed by atoms with Crippen LogP contribution in [0.5, 0.6) is 0 Å². The molecule has 0 spiro atoms. The Hall–Kier alpha value is -0.0800. The summed E-state index contributed by atoms with van der Waals surface area (Å²) in [5, 5.41) is 3.30. The van der Waals surface area contributed by atoms with Gasteiger partial charge in [0.1, 0.15) is 0 Å². The van der Waals surface area contributed by atoms with E-state index in [0.717, 1.165) is 19.0 Å². The number of aliphatic imine (C=N–C) groups is 1. The molecule has 90 valence electrons. The predicted octanol–water partition coefficient (Wildman–Crippen LogP) is 0.157. The molecule has 15 heavy (non-hydrogen) atoms. The lowest BCUT2D eigenvalue weighted by atomic mass is 10.3. The molecule has 0 saturated heterocycles. The summed E-state index contributed by atoms with van der Waals surface area (Å²) in [6, 6.07) is 0.319. The van der Waals surface area contributed by atoms with Gasteiger partial charge < -0.3 is 19.7 Å². The summed E-state index contributed by atoms with van der Waals surface area (Å²) in [6.45, 7) is 3.06. The van der Waals surface area contributed by atoms with E-state index in [1.165, 1.54) is 0 Å². The average Bonchev–Trinajstić information content (AvgIpc) is 2.63. The average molecular weight is 329 g/mol. The van der Waals surface area contributed by atoms with E-state index in [1.807, 2.05) is 7.05 Å². The molecule has 1 N–H and O–H groups in total. The van der Waals surface area contributed by atoms with Crippen molar-refractivity contribution in [3.8, 4) is 0 Å². The van der Waals surface area contributed by atoms with Gasteiger partial charge in [-0.05, 0) is 0 Å². The van der Waals surface area contributed by atoms with Crippen molar-refractivity contribution in [3.63, 3.8) is 0 Å². The molecule has 1 aliphatic rings. The number of hydrogen-bond donors (Lipinski definition) is 1. The van der Waals surface area contributed by atoms with Gasteiger partial charge in [0, 0.05) is 27.8 Å². The summed E-state index contributed by atoms with van der Waals surface area (Å²) < 4.78 is 10.1. The minimum absolute atomic E-state index is 0. The van der Waals surface area contributed by atoms with Crippen LogP contribution < -0.4 is 5.32 Å². The topological polar surface area (TPSA) is 46.1 Å². The number of rotatable bonds is 5. The van der Waals surface area contributed by atoms with Crippen molar-refractivity contribution in [1.82, 2.24) is 10.2 Å². The van der Waals surface area contributed by atoms with Crippen molar-refractivity contribution in [3.05, 3.63) is 0 Å². The summed E-state index contributed by atoms with van der Waals surface area (Å²) in [7, 11) is 5.40. The highest BCUT2D eigenvalue weighted by atomic mass is 127. The number of likely N-dealkylation sites (N-methyl/N-ethyl adjacent to an activating group) is 1. The summed E-state index contributed by atoms with van der Waals surface area (Å²) >= 11 is 0. The molecule has 0 radical (unpaired) electrons.